The van der Waals surface area contributed by atoms with E-state index >= 15 is 0 Å². The van der Waals surface area contributed by atoms with Crippen LogP contribution in [-0.2, 0) is 0 Å². The van der Waals surface area contributed by atoms with Gasteiger partial charge in [-0.1, -0.05) is 6.92 Å². The number of piperidine rings is 2. The van der Waals surface area contributed by atoms with Crippen molar-refractivity contribution in [2.45, 2.75) is 63.2 Å². The minimum atomic E-state index is -0.187. The largest absolute Gasteiger partial charge is 0.393 e. The number of aliphatic hydroxyl groups excluding tert-OH is 2. The van der Waals surface area contributed by atoms with Crippen molar-refractivity contribution >= 4 is 0 Å². The van der Waals surface area contributed by atoms with Crippen molar-refractivity contribution in [1.29, 1.82) is 0 Å². The van der Waals surface area contributed by atoms with Crippen LogP contribution in [0, 0.1) is 23.7 Å². The summed E-state index contributed by atoms with van der Waals surface area (Å²) in [5.41, 5.74) is 0.234. The Morgan fingerprint density at radius 2 is 1.74 bits per heavy atom. The molecule has 0 radical (unpaired) electrons. The number of rotatable bonds is 0. The Balaban J connectivity index is 1.81. The van der Waals surface area contributed by atoms with Gasteiger partial charge < -0.3 is 10.2 Å². The Morgan fingerprint density at radius 1 is 1.05 bits per heavy atom. The quantitative estimate of drug-likeness (QED) is 0.699. The molecule has 108 valence electrons. The molecule has 1 spiro atoms. The van der Waals surface area contributed by atoms with Crippen LogP contribution in [-0.4, -0.2) is 45.9 Å². The van der Waals surface area contributed by atoms with Gasteiger partial charge >= 0.3 is 0 Å². The highest BCUT2D eigenvalue weighted by Crippen LogP contribution is 2.60. The summed E-state index contributed by atoms with van der Waals surface area (Å²) in [6.07, 6.45) is 6.59. The monoisotopic (exact) mass is 265 g/mol. The van der Waals surface area contributed by atoms with Gasteiger partial charge in [-0.3, -0.25) is 4.90 Å². The second kappa shape index (κ2) is 4.19. The summed E-state index contributed by atoms with van der Waals surface area (Å²) < 4.78 is 0. The Morgan fingerprint density at radius 3 is 2.47 bits per heavy atom. The topological polar surface area (TPSA) is 43.7 Å². The summed E-state index contributed by atoms with van der Waals surface area (Å²) in [6.45, 7) is 4.66. The van der Waals surface area contributed by atoms with Gasteiger partial charge in [0, 0.05) is 11.5 Å². The summed E-state index contributed by atoms with van der Waals surface area (Å²) in [6, 6.07) is 0. The summed E-state index contributed by atoms with van der Waals surface area (Å²) >= 11 is 0. The molecule has 3 nitrogen and oxygen atoms in total. The SMILES string of the molecule is C[C@H]1C[C@]23C4CCCN2CCC[C@@H]3[C@H](O)C[C@@H]4[C@@H]1O. The molecular weight excluding hydrogens is 238 g/mol. The maximum absolute atomic E-state index is 10.6. The van der Waals surface area contributed by atoms with Crippen LogP contribution in [0.2, 0.25) is 0 Å². The Hall–Kier alpha value is -0.120. The first-order chi connectivity index (χ1) is 9.14. The zero-order chi connectivity index (χ0) is 13.2. The molecule has 0 aromatic heterocycles. The molecule has 0 aromatic rings. The van der Waals surface area contributed by atoms with Crippen LogP contribution in [0.4, 0.5) is 0 Å². The molecular formula is C16H27NO2. The predicted molar refractivity (Wildman–Crippen MR) is 73.7 cm³/mol. The van der Waals surface area contributed by atoms with Gasteiger partial charge in [0.25, 0.3) is 0 Å². The fourth-order valence-corrected chi connectivity index (χ4v) is 6.36. The second-order valence-electron chi connectivity index (χ2n) is 7.61. The third kappa shape index (κ3) is 1.50. The molecule has 0 aromatic carbocycles. The number of nitrogens with zero attached hydrogens (tertiary/aromatic N) is 1. The smallest absolute Gasteiger partial charge is 0.0598 e. The summed E-state index contributed by atoms with van der Waals surface area (Å²) in [7, 11) is 0. The molecule has 19 heavy (non-hydrogen) atoms. The first-order valence-corrected chi connectivity index (χ1v) is 8.26. The lowest BCUT2D eigenvalue weighted by Crippen LogP contribution is -2.74. The van der Waals surface area contributed by atoms with Crippen LogP contribution >= 0.6 is 0 Å². The van der Waals surface area contributed by atoms with Gasteiger partial charge in [-0.2, -0.15) is 0 Å². The van der Waals surface area contributed by atoms with Gasteiger partial charge in [0.1, 0.15) is 0 Å². The lowest BCUT2D eigenvalue weighted by Gasteiger charge is -2.68. The van der Waals surface area contributed by atoms with Gasteiger partial charge in [0.15, 0.2) is 0 Å². The first-order valence-electron chi connectivity index (χ1n) is 8.26. The highest BCUT2D eigenvalue weighted by atomic mass is 16.3. The van der Waals surface area contributed by atoms with Crippen molar-refractivity contribution in [3.63, 3.8) is 0 Å². The minimum absolute atomic E-state index is 0.177. The molecule has 2 N–H and O–H groups in total. The van der Waals surface area contributed by atoms with E-state index in [2.05, 4.69) is 11.8 Å². The third-order valence-electron chi connectivity index (χ3n) is 6.92. The molecule has 0 amide bonds. The average molecular weight is 265 g/mol. The maximum atomic E-state index is 10.6. The summed E-state index contributed by atoms with van der Waals surface area (Å²) in [4.78, 5) is 2.72. The third-order valence-corrected chi connectivity index (χ3v) is 6.92. The molecule has 4 fully saturated rings. The van der Waals surface area contributed by atoms with Crippen molar-refractivity contribution in [2.75, 3.05) is 13.1 Å². The molecule has 4 rings (SSSR count). The van der Waals surface area contributed by atoms with E-state index in [0.717, 1.165) is 12.8 Å². The van der Waals surface area contributed by atoms with E-state index in [-0.39, 0.29) is 17.7 Å². The summed E-state index contributed by atoms with van der Waals surface area (Å²) in [5.74, 6) is 1.85. The van der Waals surface area contributed by atoms with Crippen molar-refractivity contribution in [2.24, 2.45) is 23.7 Å². The number of hydrogen-bond donors (Lipinski definition) is 2. The van der Waals surface area contributed by atoms with Crippen molar-refractivity contribution < 1.29 is 10.2 Å². The predicted octanol–water partition coefficient (Wildman–Crippen LogP) is 1.63. The van der Waals surface area contributed by atoms with Crippen LogP contribution in [0.3, 0.4) is 0 Å². The molecule has 2 bridgehead atoms. The van der Waals surface area contributed by atoms with Gasteiger partial charge in [-0.15, -0.1) is 0 Å². The lowest BCUT2D eigenvalue weighted by molar-refractivity contribution is -0.222. The Kier molecular flexibility index (Phi) is 2.78. The van der Waals surface area contributed by atoms with E-state index in [1.807, 2.05) is 0 Å². The van der Waals surface area contributed by atoms with E-state index in [1.165, 1.54) is 38.8 Å². The fraction of sp³-hybridized carbons (Fsp3) is 1.00. The zero-order valence-electron chi connectivity index (χ0n) is 12.0. The summed E-state index contributed by atoms with van der Waals surface area (Å²) in [5, 5.41) is 21.2. The standard InChI is InChI=1S/C16H27NO2/c1-10-9-16-12-4-2-6-17(16)7-3-5-13(16)14(18)8-11(12)15(10)19/h10-15,18-19H,2-9H2,1H3/t10-,11-,12?,13+,14+,15+,16+/m0/s1. The molecule has 2 saturated carbocycles. The van der Waals surface area contributed by atoms with Crippen LogP contribution in [0.25, 0.3) is 0 Å². The van der Waals surface area contributed by atoms with Gasteiger partial charge in [0.2, 0.25) is 0 Å². The Bertz CT molecular complexity index is 372. The highest BCUT2D eigenvalue weighted by Gasteiger charge is 2.64. The molecule has 2 aliphatic heterocycles. The fourth-order valence-electron chi connectivity index (χ4n) is 6.36. The molecule has 4 aliphatic rings. The van der Waals surface area contributed by atoms with Crippen molar-refractivity contribution in [1.82, 2.24) is 4.90 Å². The lowest BCUT2D eigenvalue weighted by atomic mass is 9.47. The maximum Gasteiger partial charge on any atom is 0.0598 e. The first kappa shape index (κ1) is 12.6. The van der Waals surface area contributed by atoms with Crippen LogP contribution < -0.4 is 0 Å². The molecule has 2 aliphatic carbocycles. The van der Waals surface area contributed by atoms with Gasteiger partial charge in [-0.25, -0.2) is 0 Å². The van der Waals surface area contributed by atoms with E-state index in [4.69, 9.17) is 0 Å². The zero-order valence-corrected chi connectivity index (χ0v) is 12.0. The molecule has 1 unspecified atom stereocenters. The van der Waals surface area contributed by atoms with E-state index in [0.29, 0.717) is 23.7 Å². The molecule has 2 saturated heterocycles. The van der Waals surface area contributed by atoms with Gasteiger partial charge in [-0.05, 0) is 69.4 Å². The molecule has 7 atom stereocenters. The normalized spacial score (nSPS) is 57.6. The number of aliphatic hydroxyl groups is 2. The van der Waals surface area contributed by atoms with Crippen molar-refractivity contribution in [3.8, 4) is 0 Å². The highest BCUT2D eigenvalue weighted by molar-refractivity contribution is 5.16. The Labute approximate surface area is 116 Å². The minimum Gasteiger partial charge on any atom is -0.393 e. The van der Waals surface area contributed by atoms with E-state index < -0.39 is 0 Å². The van der Waals surface area contributed by atoms with Crippen LogP contribution in [0.1, 0.15) is 45.4 Å². The van der Waals surface area contributed by atoms with Crippen molar-refractivity contribution in [3.05, 3.63) is 0 Å². The number of hydrogen-bond acceptors (Lipinski definition) is 3. The van der Waals surface area contributed by atoms with Crippen LogP contribution in [0.15, 0.2) is 0 Å². The van der Waals surface area contributed by atoms with E-state index in [9.17, 15) is 10.2 Å². The molecule has 2 heterocycles. The second-order valence-corrected chi connectivity index (χ2v) is 7.61. The van der Waals surface area contributed by atoms with Gasteiger partial charge in [0.05, 0.1) is 12.2 Å². The molecule has 3 heteroatoms. The van der Waals surface area contributed by atoms with Crippen LogP contribution in [0.5, 0.6) is 0 Å². The average Bonchev–Trinajstić information content (AvgIpc) is 2.40. The van der Waals surface area contributed by atoms with E-state index in [1.54, 1.807) is 0 Å².